The van der Waals surface area contributed by atoms with Gasteiger partial charge in [-0.3, -0.25) is 13.9 Å². The number of hydrogen-bond acceptors (Lipinski definition) is 8. The molecule has 0 fully saturated rings. The smallest absolute Gasteiger partial charge is 0.332 e. The van der Waals surface area contributed by atoms with Crippen molar-refractivity contribution in [3.63, 3.8) is 0 Å². The van der Waals surface area contributed by atoms with Crippen LogP contribution in [-0.2, 0) is 32.0 Å². The van der Waals surface area contributed by atoms with Crippen molar-refractivity contribution in [3.8, 4) is 5.75 Å². The zero-order chi connectivity index (χ0) is 23.8. The number of hydrogen-bond donors (Lipinski definition) is 1. The van der Waals surface area contributed by atoms with E-state index in [1.807, 2.05) is 30.3 Å². The maximum Gasteiger partial charge on any atom is 0.332 e. The van der Waals surface area contributed by atoms with Gasteiger partial charge in [0, 0.05) is 26.1 Å². The normalized spacial score (nSPS) is 15.4. The van der Waals surface area contributed by atoms with Crippen LogP contribution in [0.5, 0.6) is 5.75 Å². The Morgan fingerprint density at radius 3 is 2.74 bits per heavy atom. The van der Waals surface area contributed by atoms with Crippen molar-refractivity contribution in [2.24, 2.45) is 19.3 Å². The number of methoxy groups -OCH3 is 1. The summed E-state index contributed by atoms with van der Waals surface area (Å²) in [6.45, 7) is 0.658. The molecule has 0 aliphatic carbocycles. The van der Waals surface area contributed by atoms with Gasteiger partial charge in [-0.15, -0.1) is 0 Å². The molecule has 1 atom stereocenters. The topological polar surface area (TPSA) is 118 Å². The Bertz CT molecular complexity index is 1490. The lowest BCUT2D eigenvalue weighted by molar-refractivity contribution is 0.0736. The van der Waals surface area contributed by atoms with Gasteiger partial charge in [-0.05, 0) is 24.3 Å². The lowest BCUT2D eigenvalue weighted by Crippen LogP contribution is -2.37. The summed E-state index contributed by atoms with van der Waals surface area (Å²) in [4.78, 5) is 35.8. The second-order valence-electron chi connectivity index (χ2n) is 8.03. The summed E-state index contributed by atoms with van der Waals surface area (Å²) < 4.78 is 15.0. The predicted octanol–water partition coefficient (Wildman–Crippen LogP) is 1.84. The SMILES string of the molecule is COc1ccccc1C1=NO[C@@H](Cn2c(NCc3ccco3)nc3c2c(=O)n(C)c(=O)n3C)C1. The molecule has 4 heterocycles. The van der Waals surface area contributed by atoms with Gasteiger partial charge in [0.25, 0.3) is 5.56 Å². The molecule has 1 aromatic carbocycles. The van der Waals surface area contributed by atoms with Gasteiger partial charge in [-0.1, -0.05) is 17.3 Å². The summed E-state index contributed by atoms with van der Waals surface area (Å²) in [5.74, 6) is 1.85. The van der Waals surface area contributed by atoms with Gasteiger partial charge in [0.05, 0.1) is 32.2 Å². The summed E-state index contributed by atoms with van der Waals surface area (Å²) in [6, 6.07) is 11.2. The van der Waals surface area contributed by atoms with Gasteiger partial charge in [-0.2, -0.15) is 4.98 Å². The lowest BCUT2D eigenvalue weighted by atomic mass is 10.0. The molecular weight excluding hydrogens is 440 g/mol. The molecular formula is C23H24N6O5. The predicted molar refractivity (Wildman–Crippen MR) is 125 cm³/mol. The van der Waals surface area contributed by atoms with E-state index in [1.54, 1.807) is 31.1 Å². The van der Waals surface area contributed by atoms with Gasteiger partial charge in [0.15, 0.2) is 17.3 Å². The molecule has 0 bridgehead atoms. The minimum Gasteiger partial charge on any atom is -0.496 e. The number of aryl methyl sites for hydroxylation is 1. The highest BCUT2D eigenvalue weighted by Gasteiger charge is 2.28. The highest BCUT2D eigenvalue weighted by atomic mass is 16.6. The Morgan fingerprint density at radius 2 is 1.97 bits per heavy atom. The summed E-state index contributed by atoms with van der Waals surface area (Å²) in [7, 11) is 4.65. The molecule has 34 heavy (non-hydrogen) atoms. The fraction of sp³-hybridized carbons (Fsp3) is 0.304. The average Bonchev–Trinajstić information content (AvgIpc) is 3.61. The number of benzene rings is 1. The maximum absolute atomic E-state index is 13.1. The van der Waals surface area contributed by atoms with Crippen molar-refractivity contribution in [2.45, 2.75) is 25.6 Å². The van der Waals surface area contributed by atoms with Crippen molar-refractivity contribution in [1.29, 1.82) is 0 Å². The van der Waals surface area contributed by atoms with Gasteiger partial charge < -0.3 is 23.9 Å². The lowest BCUT2D eigenvalue weighted by Gasteiger charge is -2.14. The summed E-state index contributed by atoms with van der Waals surface area (Å²) in [6.07, 6.45) is 1.76. The van der Waals surface area contributed by atoms with E-state index >= 15 is 0 Å². The van der Waals surface area contributed by atoms with Crippen LogP contribution < -0.4 is 21.3 Å². The van der Waals surface area contributed by atoms with E-state index in [4.69, 9.17) is 14.0 Å². The van der Waals surface area contributed by atoms with Crippen LogP contribution in [0.15, 0.2) is 61.8 Å². The molecule has 5 rings (SSSR count). The third kappa shape index (κ3) is 3.64. The molecule has 4 aromatic rings. The van der Waals surface area contributed by atoms with E-state index < -0.39 is 11.2 Å². The van der Waals surface area contributed by atoms with Crippen molar-refractivity contribution in [2.75, 3.05) is 12.4 Å². The van der Waals surface area contributed by atoms with Crippen molar-refractivity contribution >= 4 is 22.8 Å². The Morgan fingerprint density at radius 1 is 1.15 bits per heavy atom. The largest absolute Gasteiger partial charge is 0.496 e. The van der Waals surface area contributed by atoms with Crippen LogP contribution in [0.2, 0.25) is 0 Å². The van der Waals surface area contributed by atoms with Crippen LogP contribution in [0.3, 0.4) is 0 Å². The number of imidazole rings is 1. The van der Waals surface area contributed by atoms with Crippen LogP contribution in [0.25, 0.3) is 11.2 Å². The highest BCUT2D eigenvalue weighted by molar-refractivity contribution is 6.03. The van der Waals surface area contributed by atoms with E-state index in [0.29, 0.717) is 48.1 Å². The third-order valence-corrected chi connectivity index (χ3v) is 5.89. The first-order valence-electron chi connectivity index (χ1n) is 10.8. The molecule has 176 valence electrons. The number of nitrogens with one attached hydrogen (secondary N) is 1. The first-order valence-corrected chi connectivity index (χ1v) is 10.8. The number of fused-ring (bicyclic) bond motifs is 1. The molecule has 1 aliphatic heterocycles. The number of aromatic nitrogens is 4. The van der Waals surface area contributed by atoms with E-state index in [2.05, 4.69) is 15.5 Å². The quantitative estimate of drug-likeness (QED) is 0.443. The third-order valence-electron chi connectivity index (χ3n) is 5.89. The molecule has 3 aromatic heterocycles. The van der Waals surface area contributed by atoms with E-state index in [1.165, 1.54) is 11.6 Å². The Balaban J connectivity index is 1.50. The molecule has 0 amide bonds. The highest BCUT2D eigenvalue weighted by Crippen LogP contribution is 2.26. The molecule has 1 N–H and O–H groups in total. The Kier molecular flexibility index (Phi) is 5.44. The van der Waals surface area contributed by atoms with Crippen LogP contribution in [0.1, 0.15) is 17.7 Å². The molecule has 0 unspecified atom stereocenters. The molecule has 1 aliphatic rings. The fourth-order valence-corrected chi connectivity index (χ4v) is 4.11. The first-order chi connectivity index (χ1) is 16.5. The number of rotatable bonds is 7. The number of oxime groups is 1. The molecule has 0 spiro atoms. The van der Waals surface area contributed by atoms with Gasteiger partial charge in [0.2, 0.25) is 5.95 Å². The Labute approximate surface area is 193 Å². The van der Waals surface area contributed by atoms with Gasteiger partial charge in [-0.25, -0.2) is 4.79 Å². The summed E-state index contributed by atoms with van der Waals surface area (Å²) in [5.41, 5.74) is 1.34. The Hall–Kier alpha value is -4.28. The monoisotopic (exact) mass is 464 g/mol. The van der Waals surface area contributed by atoms with Crippen LogP contribution in [-0.4, -0.2) is 37.6 Å². The number of nitrogens with zero attached hydrogens (tertiary/aromatic N) is 5. The van der Waals surface area contributed by atoms with Crippen molar-refractivity contribution < 1.29 is 14.0 Å². The zero-order valence-electron chi connectivity index (χ0n) is 19.0. The summed E-state index contributed by atoms with van der Waals surface area (Å²) in [5, 5.41) is 7.49. The number of anilines is 1. The number of ether oxygens (including phenoxy) is 1. The number of para-hydroxylation sites is 1. The van der Waals surface area contributed by atoms with Crippen molar-refractivity contribution in [1.82, 2.24) is 18.7 Å². The standard InChI is InChI=1S/C23H24N6O5/c1-27-20-19(21(30)28(2)23(27)31)29(22(25-20)24-12-14-7-6-10-33-14)13-15-11-17(26-34-15)16-8-4-5-9-18(16)32-3/h4-10,15H,11-13H2,1-3H3,(H,24,25)/t15-/m1/s1. The minimum atomic E-state index is -0.446. The average molecular weight is 464 g/mol. The van der Waals surface area contributed by atoms with Crippen LogP contribution in [0, 0.1) is 0 Å². The van der Waals surface area contributed by atoms with Gasteiger partial charge in [0.1, 0.15) is 11.5 Å². The molecule has 0 radical (unpaired) electrons. The molecule has 11 heteroatoms. The van der Waals surface area contributed by atoms with Crippen molar-refractivity contribution in [3.05, 3.63) is 74.8 Å². The molecule has 11 nitrogen and oxygen atoms in total. The minimum absolute atomic E-state index is 0.291. The zero-order valence-corrected chi connectivity index (χ0v) is 19.0. The first kappa shape index (κ1) is 21.6. The van der Waals surface area contributed by atoms with Crippen LogP contribution >= 0.6 is 0 Å². The van der Waals surface area contributed by atoms with E-state index in [9.17, 15) is 9.59 Å². The van der Waals surface area contributed by atoms with E-state index in [-0.39, 0.29) is 6.10 Å². The molecule has 0 saturated heterocycles. The molecule has 0 saturated carbocycles. The van der Waals surface area contributed by atoms with E-state index in [0.717, 1.165) is 15.8 Å². The second kappa shape index (κ2) is 8.58. The number of furan rings is 1. The fourth-order valence-electron chi connectivity index (χ4n) is 4.11. The maximum atomic E-state index is 13.1. The van der Waals surface area contributed by atoms with Gasteiger partial charge >= 0.3 is 5.69 Å². The van der Waals surface area contributed by atoms with Crippen LogP contribution in [0.4, 0.5) is 5.95 Å². The second-order valence-corrected chi connectivity index (χ2v) is 8.03. The summed E-state index contributed by atoms with van der Waals surface area (Å²) >= 11 is 0.